The van der Waals surface area contributed by atoms with Crippen LogP contribution in [0.4, 0.5) is 4.39 Å². The maximum Gasteiger partial charge on any atom is 0.225 e. The Bertz CT molecular complexity index is 578. The minimum atomic E-state index is -0.415. The van der Waals surface area contributed by atoms with Crippen LogP contribution in [0.1, 0.15) is 31.4 Å². The van der Waals surface area contributed by atoms with Crippen molar-refractivity contribution in [3.05, 3.63) is 34.6 Å². The van der Waals surface area contributed by atoms with Gasteiger partial charge in [-0.2, -0.15) is 0 Å². The summed E-state index contributed by atoms with van der Waals surface area (Å²) < 4.78 is 19.1. The number of ether oxygens (including phenoxy) is 1. The second-order valence-corrected chi connectivity index (χ2v) is 6.62. The number of halogens is 2. The fourth-order valence-electron chi connectivity index (χ4n) is 3.54. The van der Waals surface area contributed by atoms with Crippen molar-refractivity contribution >= 4 is 17.5 Å². The van der Waals surface area contributed by atoms with E-state index in [0.717, 1.165) is 31.5 Å². The van der Waals surface area contributed by atoms with Crippen molar-refractivity contribution in [1.29, 1.82) is 0 Å². The summed E-state index contributed by atoms with van der Waals surface area (Å²) in [6.45, 7) is 4.96. The van der Waals surface area contributed by atoms with Crippen LogP contribution in [-0.2, 0) is 9.53 Å². The molecule has 0 unspecified atom stereocenters. The third-order valence-corrected chi connectivity index (χ3v) is 5.13. The van der Waals surface area contributed by atoms with Crippen molar-refractivity contribution in [2.45, 2.75) is 31.8 Å². The van der Waals surface area contributed by atoms with E-state index in [1.54, 1.807) is 6.07 Å². The lowest BCUT2D eigenvalue weighted by atomic mass is 9.98. The minimum Gasteiger partial charge on any atom is -0.381 e. The van der Waals surface area contributed by atoms with E-state index in [2.05, 4.69) is 17.1 Å². The largest absolute Gasteiger partial charge is 0.381 e. The summed E-state index contributed by atoms with van der Waals surface area (Å²) in [5.74, 6) is -0.431. The molecule has 4 nitrogen and oxygen atoms in total. The van der Waals surface area contributed by atoms with Gasteiger partial charge in [0.05, 0.1) is 23.6 Å². The van der Waals surface area contributed by atoms with E-state index in [0.29, 0.717) is 13.2 Å². The Hall–Kier alpha value is -1.17. The lowest BCUT2D eigenvalue weighted by Crippen LogP contribution is -2.42. The SMILES string of the molecule is CCN1CC[C@H](NC(=O)[C@H]2CCOC2)[C@H]1c1ccc(Cl)c(F)c1. The van der Waals surface area contributed by atoms with E-state index in [1.807, 2.05) is 6.07 Å². The molecule has 6 heteroatoms. The van der Waals surface area contributed by atoms with Crippen molar-refractivity contribution in [1.82, 2.24) is 10.2 Å². The standard InChI is InChI=1S/C17H22ClFN2O2/c1-2-21-7-5-15(20-17(22)12-6-8-23-10-12)16(21)11-3-4-13(18)14(19)9-11/h3-4,9,12,15-16H,2,5-8,10H2,1H3,(H,20,22)/t12-,15-,16+/m0/s1. The fraction of sp³-hybridized carbons (Fsp3) is 0.588. The molecule has 2 fully saturated rings. The maximum atomic E-state index is 13.8. The van der Waals surface area contributed by atoms with Crippen LogP contribution in [0.5, 0.6) is 0 Å². The van der Waals surface area contributed by atoms with Crippen LogP contribution in [0, 0.1) is 11.7 Å². The van der Waals surface area contributed by atoms with E-state index in [-0.39, 0.29) is 28.9 Å². The summed E-state index contributed by atoms with van der Waals surface area (Å²) in [5.41, 5.74) is 0.860. The number of rotatable bonds is 4. The molecule has 1 aromatic carbocycles. The van der Waals surface area contributed by atoms with Crippen molar-refractivity contribution in [3.8, 4) is 0 Å². The van der Waals surface area contributed by atoms with Crippen molar-refractivity contribution in [3.63, 3.8) is 0 Å². The quantitative estimate of drug-likeness (QED) is 0.916. The summed E-state index contributed by atoms with van der Waals surface area (Å²) in [7, 11) is 0. The molecule has 0 spiro atoms. The number of likely N-dealkylation sites (tertiary alicyclic amines) is 1. The Labute approximate surface area is 140 Å². The Balaban J connectivity index is 1.78. The van der Waals surface area contributed by atoms with Gasteiger partial charge in [0.25, 0.3) is 0 Å². The van der Waals surface area contributed by atoms with Gasteiger partial charge < -0.3 is 10.1 Å². The Morgan fingerprint density at radius 2 is 2.30 bits per heavy atom. The molecule has 0 aromatic heterocycles. The van der Waals surface area contributed by atoms with Gasteiger partial charge >= 0.3 is 0 Å². The van der Waals surface area contributed by atoms with Gasteiger partial charge in [-0.3, -0.25) is 9.69 Å². The van der Waals surface area contributed by atoms with Crippen LogP contribution >= 0.6 is 11.6 Å². The molecule has 3 atom stereocenters. The molecule has 0 bridgehead atoms. The molecule has 3 rings (SSSR count). The lowest BCUT2D eigenvalue weighted by Gasteiger charge is -2.29. The number of hydrogen-bond acceptors (Lipinski definition) is 3. The highest BCUT2D eigenvalue weighted by molar-refractivity contribution is 6.30. The molecule has 126 valence electrons. The average Bonchev–Trinajstić information content (AvgIpc) is 3.19. The molecule has 0 aliphatic carbocycles. The molecule has 23 heavy (non-hydrogen) atoms. The Kier molecular flexibility index (Phi) is 5.19. The Morgan fingerprint density at radius 3 is 2.96 bits per heavy atom. The van der Waals surface area contributed by atoms with Gasteiger partial charge in [-0.05, 0) is 37.1 Å². The van der Waals surface area contributed by atoms with Gasteiger partial charge in [-0.25, -0.2) is 4.39 Å². The van der Waals surface area contributed by atoms with Crippen LogP contribution < -0.4 is 5.32 Å². The summed E-state index contributed by atoms with van der Waals surface area (Å²) in [4.78, 5) is 14.7. The molecule has 1 aromatic rings. The Morgan fingerprint density at radius 1 is 1.48 bits per heavy atom. The first-order chi connectivity index (χ1) is 11.1. The number of likely N-dealkylation sites (N-methyl/N-ethyl adjacent to an activating group) is 1. The monoisotopic (exact) mass is 340 g/mol. The van der Waals surface area contributed by atoms with Gasteiger partial charge in [0, 0.05) is 19.2 Å². The van der Waals surface area contributed by atoms with Gasteiger partial charge in [0.15, 0.2) is 0 Å². The summed E-state index contributed by atoms with van der Waals surface area (Å²) in [5, 5.41) is 3.28. The molecular formula is C17H22ClFN2O2. The summed E-state index contributed by atoms with van der Waals surface area (Å²) in [6, 6.07) is 4.89. The van der Waals surface area contributed by atoms with Crippen molar-refractivity contribution < 1.29 is 13.9 Å². The summed E-state index contributed by atoms with van der Waals surface area (Å²) in [6.07, 6.45) is 1.64. The highest BCUT2D eigenvalue weighted by atomic mass is 35.5. The second-order valence-electron chi connectivity index (χ2n) is 6.21. The van der Waals surface area contributed by atoms with E-state index in [1.165, 1.54) is 6.07 Å². The number of nitrogens with zero attached hydrogens (tertiary/aromatic N) is 1. The predicted molar refractivity (Wildman–Crippen MR) is 86.9 cm³/mol. The molecule has 1 N–H and O–H groups in total. The van der Waals surface area contributed by atoms with Crippen LogP contribution in [-0.4, -0.2) is 43.2 Å². The van der Waals surface area contributed by atoms with E-state index >= 15 is 0 Å². The fourth-order valence-corrected chi connectivity index (χ4v) is 3.66. The normalized spacial score (nSPS) is 28.2. The van der Waals surface area contributed by atoms with Crippen LogP contribution in [0.15, 0.2) is 18.2 Å². The molecule has 1 amide bonds. The van der Waals surface area contributed by atoms with Crippen LogP contribution in [0.3, 0.4) is 0 Å². The minimum absolute atomic E-state index is 0.0105. The zero-order chi connectivity index (χ0) is 16.4. The smallest absolute Gasteiger partial charge is 0.225 e. The number of benzene rings is 1. The third kappa shape index (κ3) is 3.52. The predicted octanol–water partition coefficient (Wildman–Crippen LogP) is 2.77. The molecule has 2 heterocycles. The highest BCUT2D eigenvalue weighted by Crippen LogP contribution is 2.34. The van der Waals surface area contributed by atoms with E-state index < -0.39 is 5.82 Å². The van der Waals surface area contributed by atoms with Crippen molar-refractivity contribution in [2.24, 2.45) is 5.92 Å². The van der Waals surface area contributed by atoms with Gasteiger partial charge in [0.2, 0.25) is 5.91 Å². The summed E-state index contributed by atoms with van der Waals surface area (Å²) >= 11 is 5.79. The van der Waals surface area contributed by atoms with Crippen molar-refractivity contribution in [2.75, 3.05) is 26.3 Å². The van der Waals surface area contributed by atoms with Gasteiger partial charge in [0.1, 0.15) is 5.82 Å². The highest BCUT2D eigenvalue weighted by Gasteiger charge is 2.37. The molecule has 2 aliphatic rings. The first kappa shape index (κ1) is 16.7. The molecular weight excluding hydrogens is 319 g/mol. The van der Waals surface area contributed by atoms with E-state index in [4.69, 9.17) is 16.3 Å². The topological polar surface area (TPSA) is 41.6 Å². The zero-order valence-corrected chi connectivity index (χ0v) is 14.0. The maximum absolute atomic E-state index is 13.8. The third-order valence-electron chi connectivity index (χ3n) is 4.82. The molecule has 2 saturated heterocycles. The molecule has 2 aliphatic heterocycles. The zero-order valence-electron chi connectivity index (χ0n) is 13.2. The second kappa shape index (κ2) is 7.16. The average molecular weight is 341 g/mol. The van der Waals surface area contributed by atoms with E-state index in [9.17, 15) is 9.18 Å². The number of carbonyl (C=O) groups is 1. The molecule has 0 radical (unpaired) electrons. The number of carbonyl (C=O) groups excluding carboxylic acids is 1. The van der Waals surface area contributed by atoms with Crippen LogP contribution in [0.25, 0.3) is 0 Å². The number of nitrogens with one attached hydrogen (secondary N) is 1. The first-order valence-electron chi connectivity index (χ1n) is 8.17. The van der Waals surface area contributed by atoms with Crippen LogP contribution in [0.2, 0.25) is 5.02 Å². The lowest BCUT2D eigenvalue weighted by molar-refractivity contribution is -0.125. The first-order valence-corrected chi connectivity index (χ1v) is 8.55. The molecule has 0 saturated carbocycles. The number of amides is 1. The number of hydrogen-bond donors (Lipinski definition) is 1. The van der Waals surface area contributed by atoms with Gasteiger partial charge in [-0.1, -0.05) is 24.6 Å². The van der Waals surface area contributed by atoms with Gasteiger partial charge in [-0.15, -0.1) is 0 Å².